The van der Waals surface area contributed by atoms with E-state index in [1.165, 1.54) is 0 Å². The van der Waals surface area contributed by atoms with Crippen molar-refractivity contribution < 1.29 is 9.47 Å². The van der Waals surface area contributed by atoms with Crippen molar-refractivity contribution in [3.05, 3.63) is 46.7 Å². The molecule has 3 rings (SSSR count). The number of hydrogen-bond acceptors (Lipinski definition) is 6. The summed E-state index contributed by atoms with van der Waals surface area (Å²) in [5, 5.41) is 29.8. The van der Waals surface area contributed by atoms with Crippen molar-refractivity contribution in [2.45, 2.75) is 25.2 Å². The molecule has 0 heterocycles. The second kappa shape index (κ2) is 7.06. The van der Waals surface area contributed by atoms with Crippen LogP contribution in [-0.2, 0) is 0 Å². The number of methoxy groups -OCH3 is 2. The number of benzene rings is 1. The van der Waals surface area contributed by atoms with E-state index in [1.54, 1.807) is 32.4 Å². The topological polar surface area (TPSA) is 116 Å². The van der Waals surface area contributed by atoms with Crippen molar-refractivity contribution in [2.75, 3.05) is 14.2 Å². The van der Waals surface area contributed by atoms with Gasteiger partial charge in [-0.05, 0) is 49.0 Å². The maximum absolute atomic E-state index is 10.0. The molecular formula is C21H20N4O2. The minimum absolute atomic E-state index is 0.0225. The van der Waals surface area contributed by atoms with Crippen molar-refractivity contribution in [3.8, 4) is 29.7 Å². The van der Waals surface area contributed by atoms with Gasteiger partial charge in [0.25, 0.3) is 0 Å². The SMILES string of the molecule is COc1ccc(OC)c(C2C3CCCC=C3C(C#N)=C(N)C2(C#N)C#N)c1. The second-order valence-electron chi connectivity index (χ2n) is 6.71. The summed E-state index contributed by atoms with van der Waals surface area (Å²) >= 11 is 0. The average Bonchev–Trinajstić information content (AvgIpc) is 2.72. The molecule has 2 atom stereocenters. The van der Waals surface area contributed by atoms with Gasteiger partial charge in [0.05, 0.1) is 37.6 Å². The lowest BCUT2D eigenvalue weighted by Gasteiger charge is -2.43. The quantitative estimate of drug-likeness (QED) is 0.884. The summed E-state index contributed by atoms with van der Waals surface area (Å²) in [6.07, 6.45) is 4.54. The lowest BCUT2D eigenvalue weighted by atomic mass is 9.56. The number of nitrogens with zero attached hydrogens (tertiary/aromatic N) is 3. The van der Waals surface area contributed by atoms with Gasteiger partial charge in [0, 0.05) is 11.5 Å². The first-order chi connectivity index (χ1) is 13.1. The van der Waals surface area contributed by atoms with E-state index in [-0.39, 0.29) is 17.2 Å². The van der Waals surface area contributed by atoms with Crippen molar-refractivity contribution in [3.63, 3.8) is 0 Å². The highest BCUT2D eigenvalue weighted by Gasteiger charge is 2.54. The highest BCUT2D eigenvalue weighted by Crippen LogP contribution is 2.57. The lowest BCUT2D eigenvalue weighted by molar-refractivity contribution is 0.304. The number of fused-ring (bicyclic) bond motifs is 1. The molecule has 0 amide bonds. The summed E-state index contributed by atoms with van der Waals surface area (Å²) in [5.74, 6) is 0.446. The van der Waals surface area contributed by atoms with Gasteiger partial charge in [-0.3, -0.25) is 0 Å². The normalized spacial score (nSPS) is 23.1. The average molecular weight is 360 g/mol. The second-order valence-corrected chi connectivity index (χ2v) is 6.71. The summed E-state index contributed by atoms with van der Waals surface area (Å²) in [5.41, 5.74) is 6.45. The molecular weight excluding hydrogens is 340 g/mol. The van der Waals surface area contributed by atoms with Crippen molar-refractivity contribution >= 4 is 0 Å². The fourth-order valence-corrected chi connectivity index (χ4v) is 4.30. The van der Waals surface area contributed by atoms with E-state index < -0.39 is 11.3 Å². The Morgan fingerprint density at radius 1 is 1.15 bits per heavy atom. The minimum atomic E-state index is -1.65. The molecule has 6 nitrogen and oxygen atoms in total. The molecule has 2 aliphatic rings. The van der Waals surface area contributed by atoms with Gasteiger partial charge in [-0.1, -0.05) is 6.08 Å². The standard InChI is InChI=1S/C21H20N4O2/c1-26-13-7-8-18(27-2)16(9-13)19-15-6-4-3-5-14(15)17(10-22)20(25)21(19,11-23)12-24/h5,7-9,15,19H,3-4,6,25H2,1-2H3. The summed E-state index contributed by atoms with van der Waals surface area (Å²) in [4.78, 5) is 0. The third-order valence-electron chi connectivity index (χ3n) is 5.57. The summed E-state index contributed by atoms with van der Waals surface area (Å²) in [7, 11) is 3.11. The van der Waals surface area contributed by atoms with E-state index in [1.807, 2.05) is 6.08 Å². The Morgan fingerprint density at radius 3 is 2.48 bits per heavy atom. The highest BCUT2D eigenvalue weighted by molar-refractivity contribution is 5.61. The summed E-state index contributed by atoms with van der Waals surface area (Å²) < 4.78 is 10.9. The molecule has 2 N–H and O–H groups in total. The van der Waals surface area contributed by atoms with Crippen LogP contribution in [0.2, 0.25) is 0 Å². The van der Waals surface area contributed by atoms with Crippen LogP contribution in [0.1, 0.15) is 30.7 Å². The third kappa shape index (κ3) is 2.60. The minimum Gasteiger partial charge on any atom is -0.497 e. The Morgan fingerprint density at radius 2 is 1.89 bits per heavy atom. The Kier molecular flexibility index (Phi) is 4.80. The Balaban J connectivity index is 2.37. The van der Waals surface area contributed by atoms with E-state index in [2.05, 4.69) is 18.2 Å². The summed E-state index contributed by atoms with van der Waals surface area (Å²) in [6.45, 7) is 0. The van der Waals surface area contributed by atoms with E-state index in [9.17, 15) is 15.8 Å². The van der Waals surface area contributed by atoms with Gasteiger partial charge >= 0.3 is 0 Å². The number of ether oxygens (including phenoxy) is 2. The van der Waals surface area contributed by atoms with Crippen molar-refractivity contribution in [1.82, 2.24) is 0 Å². The zero-order valence-electron chi connectivity index (χ0n) is 15.3. The van der Waals surface area contributed by atoms with Crippen molar-refractivity contribution in [1.29, 1.82) is 15.8 Å². The number of rotatable bonds is 3. The monoisotopic (exact) mass is 360 g/mol. The van der Waals surface area contributed by atoms with Gasteiger partial charge < -0.3 is 15.2 Å². The first kappa shape index (κ1) is 18.4. The van der Waals surface area contributed by atoms with Crippen LogP contribution < -0.4 is 15.2 Å². The largest absolute Gasteiger partial charge is 0.497 e. The molecule has 0 saturated heterocycles. The molecule has 0 saturated carbocycles. The Labute approximate surface area is 158 Å². The van der Waals surface area contributed by atoms with E-state index in [4.69, 9.17) is 15.2 Å². The molecule has 0 fully saturated rings. The summed E-state index contributed by atoms with van der Waals surface area (Å²) in [6, 6.07) is 11.7. The lowest BCUT2D eigenvalue weighted by Crippen LogP contribution is -2.42. The zero-order chi connectivity index (χ0) is 19.6. The third-order valence-corrected chi connectivity index (χ3v) is 5.57. The number of nitriles is 3. The van der Waals surface area contributed by atoms with Crippen LogP contribution in [0.4, 0.5) is 0 Å². The van der Waals surface area contributed by atoms with Crippen LogP contribution in [-0.4, -0.2) is 14.2 Å². The maximum Gasteiger partial charge on any atom is 0.191 e. The van der Waals surface area contributed by atoms with Gasteiger partial charge in [-0.15, -0.1) is 0 Å². The van der Waals surface area contributed by atoms with Crippen LogP contribution in [0.5, 0.6) is 11.5 Å². The first-order valence-corrected chi connectivity index (χ1v) is 8.73. The Hall–Kier alpha value is -3.43. The number of allylic oxidation sites excluding steroid dienone is 4. The smallest absolute Gasteiger partial charge is 0.191 e. The van der Waals surface area contributed by atoms with E-state index in [0.29, 0.717) is 17.1 Å². The molecule has 0 spiro atoms. The van der Waals surface area contributed by atoms with Crippen LogP contribution in [0.3, 0.4) is 0 Å². The Bertz CT molecular complexity index is 942. The predicted octanol–water partition coefficient (Wildman–Crippen LogP) is 3.30. The van der Waals surface area contributed by atoms with Gasteiger partial charge in [0.1, 0.15) is 17.6 Å². The van der Waals surface area contributed by atoms with Gasteiger partial charge in [-0.25, -0.2) is 0 Å². The maximum atomic E-state index is 10.0. The molecule has 136 valence electrons. The van der Waals surface area contributed by atoms with Crippen LogP contribution in [0, 0.1) is 45.3 Å². The zero-order valence-corrected chi connectivity index (χ0v) is 15.3. The first-order valence-electron chi connectivity index (χ1n) is 8.73. The van der Waals surface area contributed by atoms with Gasteiger partial charge in [0.15, 0.2) is 5.41 Å². The fraction of sp³-hybridized carbons (Fsp3) is 0.381. The van der Waals surface area contributed by atoms with Crippen LogP contribution in [0.15, 0.2) is 41.1 Å². The number of hydrogen-bond donors (Lipinski definition) is 1. The molecule has 1 aromatic rings. The molecule has 0 aromatic heterocycles. The van der Waals surface area contributed by atoms with Crippen LogP contribution >= 0.6 is 0 Å². The molecule has 0 aliphatic heterocycles. The fourth-order valence-electron chi connectivity index (χ4n) is 4.30. The predicted molar refractivity (Wildman–Crippen MR) is 98.2 cm³/mol. The van der Waals surface area contributed by atoms with Crippen molar-refractivity contribution in [2.24, 2.45) is 17.1 Å². The molecule has 0 bridgehead atoms. The van der Waals surface area contributed by atoms with Crippen LogP contribution in [0.25, 0.3) is 0 Å². The highest BCUT2D eigenvalue weighted by atomic mass is 16.5. The molecule has 0 radical (unpaired) electrons. The molecule has 27 heavy (non-hydrogen) atoms. The van der Waals surface area contributed by atoms with E-state index in [0.717, 1.165) is 24.8 Å². The number of nitrogens with two attached hydrogens (primary N) is 1. The van der Waals surface area contributed by atoms with E-state index >= 15 is 0 Å². The molecule has 2 unspecified atom stereocenters. The van der Waals surface area contributed by atoms with Gasteiger partial charge in [-0.2, -0.15) is 15.8 Å². The molecule has 1 aromatic carbocycles. The molecule has 6 heteroatoms. The van der Waals surface area contributed by atoms with Gasteiger partial charge in [0.2, 0.25) is 0 Å². The molecule has 2 aliphatic carbocycles.